The molecule has 0 atom stereocenters. The molecule has 0 aliphatic heterocycles. The Labute approximate surface area is 190 Å². The SMILES string of the molecule is Cc1cccc(C(=O)Oc2ccc(/C=N/NC(=O)CNC(=O)c3ccc(Cl)cc3)cc2)c1. The van der Waals surface area contributed by atoms with Gasteiger partial charge in [0.25, 0.3) is 11.8 Å². The lowest BCUT2D eigenvalue weighted by molar-refractivity contribution is -0.120. The normalized spacial score (nSPS) is 10.6. The minimum atomic E-state index is -0.479. The number of amides is 2. The first-order valence-corrected chi connectivity index (χ1v) is 10.0. The van der Waals surface area contributed by atoms with Crippen LogP contribution < -0.4 is 15.5 Å². The van der Waals surface area contributed by atoms with Gasteiger partial charge < -0.3 is 10.1 Å². The molecule has 3 rings (SSSR count). The lowest BCUT2D eigenvalue weighted by Gasteiger charge is -2.05. The van der Waals surface area contributed by atoms with E-state index in [0.29, 0.717) is 27.5 Å². The first-order valence-electron chi connectivity index (χ1n) is 9.65. The molecule has 2 N–H and O–H groups in total. The van der Waals surface area contributed by atoms with E-state index in [-0.39, 0.29) is 6.54 Å². The predicted octanol–water partition coefficient (Wildman–Crippen LogP) is 3.75. The first kappa shape index (κ1) is 22.7. The van der Waals surface area contributed by atoms with Gasteiger partial charge in [-0.15, -0.1) is 0 Å². The lowest BCUT2D eigenvalue weighted by atomic mass is 10.1. The van der Waals surface area contributed by atoms with Gasteiger partial charge in [-0.25, -0.2) is 10.2 Å². The number of esters is 1. The summed E-state index contributed by atoms with van der Waals surface area (Å²) in [5.74, 6) is -0.922. The monoisotopic (exact) mass is 449 g/mol. The minimum Gasteiger partial charge on any atom is -0.423 e. The van der Waals surface area contributed by atoms with Gasteiger partial charge in [-0.1, -0.05) is 29.3 Å². The van der Waals surface area contributed by atoms with Crippen molar-refractivity contribution in [2.24, 2.45) is 5.10 Å². The van der Waals surface area contributed by atoms with Crippen molar-refractivity contribution in [2.45, 2.75) is 6.92 Å². The van der Waals surface area contributed by atoms with Crippen LogP contribution in [0.15, 0.2) is 77.9 Å². The van der Waals surface area contributed by atoms with Crippen LogP contribution in [0.3, 0.4) is 0 Å². The summed E-state index contributed by atoms with van der Waals surface area (Å²) in [6.45, 7) is 1.67. The fourth-order valence-corrected chi connectivity index (χ4v) is 2.77. The molecule has 0 heterocycles. The maximum absolute atomic E-state index is 12.2. The number of benzene rings is 3. The Morgan fingerprint density at radius 1 is 0.969 bits per heavy atom. The Morgan fingerprint density at radius 2 is 1.69 bits per heavy atom. The zero-order valence-corrected chi connectivity index (χ0v) is 17.9. The van der Waals surface area contributed by atoms with Gasteiger partial charge in [0.05, 0.1) is 18.3 Å². The van der Waals surface area contributed by atoms with Gasteiger partial charge in [0.1, 0.15) is 5.75 Å². The molecule has 8 heteroatoms. The number of carbonyl (C=O) groups excluding carboxylic acids is 3. The number of ether oxygens (including phenoxy) is 1. The summed E-state index contributed by atoms with van der Waals surface area (Å²) < 4.78 is 5.35. The van der Waals surface area contributed by atoms with Gasteiger partial charge in [-0.2, -0.15) is 5.10 Å². The van der Waals surface area contributed by atoms with E-state index in [1.54, 1.807) is 66.7 Å². The van der Waals surface area contributed by atoms with Crippen molar-refractivity contribution < 1.29 is 19.1 Å². The van der Waals surface area contributed by atoms with Crippen molar-refractivity contribution in [3.05, 3.63) is 100 Å². The molecule has 162 valence electrons. The molecule has 0 unspecified atom stereocenters. The summed E-state index contributed by atoms with van der Waals surface area (Å²) in [5, 5.41) is 6.86. The summed E-state index contributed by atoms with van der Waals surface area (Å²) in [6, 6.07) is 20.1. The van der Waals surface area contributed by atoms with Gasteiger partial charge >= 0.3 is 5.97 Å². The van der Waals surface area contributed by atoms with Gasteiger partial charge in [0, 0.05) is 10.6 Å². The van der Waals surface area contributed by atoms with Crippen LogP contribution in [-0.2, 0) is 4.79 Å². The average Bonchev–Trinajstić information content (AvgIpc) is 2.79. The van der Waals surface area contributed by atoms with Crippen molar-refractivity contribution in [3.8, 4) is 5.75 Å². The zero-order chi connectivity index (χ0) is 22.9. The Balaban J connectivity index is 1.45. The molecule has 3 aromatic carbocycles. The number of hydrogen-bond donors (Lipinski definition) is 2. The molecule has 7 nitrogen and oxygen atoms in total. The van der Waals surface area contributed by atoms with E-state index in [1.165, 1.54) is 6.21 Å². The average molecular weight is 450 g/mol. The van der Waals surface area contributed by atoms with E-state index in [0.717, 1.165) is 5.56 Å². The Bertz CT molecular complexity index is 1140. The number of carbonyl (C=O) groups is 3. The van der Waals surface area contributed by atoms with Crippen LogP contribution >= 0.6 is 11.6 Å². The standard InChI is InChI=1S/C24H20ClN3O4/c1-16-3-2-4-19(13-16)24(31)32-21-11-5-17(6-12-21)14-27-28-22(29)15-26-23(30)18-7-9-20(25)10-8-18/h2-14H,15H2,1H3,(H,26,30)(H,28,29)/b27-14+. The maximum Gasteiger partial charge on any atom is 0.343 e. The summed E-state index contributed by atoms with van der Waals surface area (Å²) in [4.78, 5) is 36.0. The molecule has 3 aromatic rings. The summed E-state index contributed by atoms with van der Waals surface area (Å²) in [5.41, 5.74) is 4.86. The van der Waals surface area contributed by atoms with Gasteiger partial charge in [0.15, 0.2) is 0 Å². The van der Waals surface area contributed by atoms with Crippen molar-refractivity contribution in [1.29, 1.82) is 0 Å². The molecule has 0 saturated carbocycles. The molecule has 0 saturated heterocycles. The van der Waals surface area contributed by atoms with Crippen molar-refractivity contribution >= 4 is 35.6 Å². The van der Waals surface area contributed by atoms with Crippen LogP contribution in [0.4, 0.5) is 0 Å². The fraction of sp³-hybridized carbons (Fsp3) is 0.0833. The molecule has 0 spiro atoms. The van der Waals surface area contributed by atoms with Gasteiger partial charge in [0.2, 0.25) is 0 Å². The van der Waals surface area contributed by atoms with E-state index in [4.69, 9.17) is 16.3 Å². The van der Waals surface area contributed by atoms with Crippen LogP contribution in [0.5, 0.6) is 5.75 Å². The number of hydrazone groups is 1. The van der Waals surface area contributed by atoms with E-state index in [1.807, 2.05) is 13.0 Å². The van der Waals surface area contributed by atoms with Crippen molar-refractivity contribution in [2.75, 3.05) is 6.54 Å². The topological polar surface area (TPSA) is 96.9 Å². The van der Waals surface area contributed by atoms with Crippen LogP contribution in [0.1, 0.15) is 31.8 Å². The quantitative estimate of drug-likeness (QED) is 0.248. The molecule has 32 heavy (non-hydrogen) atoms. The second-order valence-electron chi connectivity index (χ2n) is 6.81. The van der Waals surface area contributed by atoms with Crippen LogP contribution in [0.25, 0.3) is 0 Å². The Kier molecular flexibility index (Phi) is 7.72. The highest BCUT2D eigenvalue weighted by Gasteiger charge is 2.09. The highest BCUT2D eigenvalue weighted by molar-refractivity contribution is 6.30. The smallest absolute Gasteiger partial charge is 0.343 e. The maximum atomic E-state index is 12.2. The number of nitrogens with zero attached hydrogens (tertiary/aromatic N) is 1. The Morgan fingerprint density at radius 3 is 2.38 bits per heavy atom. The number of nitrogens with one attached hydrogen (secondary N) is 2. The highest BCUT2D eigenvalue weighted by atomic mass is 35.5. The van der Waals surface area contributed by atoms with Gasteiger partial charge in [-0.3, -0.25) is 9.59 Å². The number of halogens is 1. The van der Waals surface area contributed by atoms with Crippen LogP contribution in [-0.4, -0.2) is 30.5 Å². The third-order valence-corrected chi connectivity index (χ3v) is 4.52. The summed E-state index contributed by atoms with van der Waals surface area (Å²) in [6.07, 6.45) is 1.44. The minimum absolute atomic E-state index is 0.230. The fourth-order valence-electron chi connectivity index (χ4n) is 2.64. The summed E-state index contributed by atoms with van der Waals surface area (Å²) >= 11 is 5.78. The zero-order valence-electron chi connectivity index (χ0n) is 17.2. The molecule has 0 bridgehead atoms. The first-order chi connectivity index (χ1) is 15.4. The number of hydrogen-bond acceptors (Lipinski definition) is 5. The number of rotatable bonds is 7. The predicted molar refractivity (Wildman–Crippen MR) is 122 cm³/mol. The third-order valence-electron chi connectivity index (χ3n) is 4.26. The molecular weight excluding hydrogens is 430 g/mol. The van der Waals surface area contributed by atoms with Crippen molar-refractivity contribution in [3.63, 3.8) is 0 Å². The number of aryl methyl sites for hydroxylation is 1. The molecular formula is C24H20ClN3O4. The van der Waals surface area contributed by atoms with E-state index in [9.17, 15) is 14.4 Å². The Hall–Kier alpha value is -3.97. The summed E-state index contributed by atoms with van der Waals surface area (Å²) in [7, 11) is 0. The van der Waals surface area contributed by atoms with Crippen LogP contribution in [0, 0.1) is 6.92 Å². The van der Waals surface area contributed by atoms with Gasteiger partial charge in [-0.05, 0) is 73.2 Å². The lowest BCUT2D eigenvalue weighted by Crippen LogP contribution is -2.34. The second-order valence-corrected chi connectivity index (χ2v) is 7.25. The molecule has 0 aromatic heterocycles. The molecule has 0 fully saturated rings. The molecule has 0 radical (unpaired) electrons. The largest absolute Gasteiger partial charge is 0.423 e. The molecule has 2 amide bonds. The van der Waals surface area contributed by atoms with Crippen molar-refractivity contribution in [1.82, 2.24) is 10.7 Å². The van der Waals surface area contributed by atoms with E-state index in [2.05, 4.69) is 15.8 Å². The van der Waals surface area contributed by atoms with E-state index >= 15 is 0 Å². The second kappa shape index (κ2) is 10.9. The third kappa shape index (κ3) is 6.78. The van der Waals surface area contributed by atoms with E-state index < -0.39 is 17.8 Å². The molecule has 0 aliphatic rings. The molecule has 0 aliphatic carbocycles. The highest BCUT2D eigenvalue weighted by Crippen LogP contribution is 2.14. The van der Waals surface area contributed by atoms with Crippen LogP contribution in [0.2, 0.25) is 5.02 Å².